The summed E-state index contributed by atoms with van der Waals surface area (Å²) in [5, 5.41) is 10.3. The van der Waals surface area contributed by atoms with Crippen LogP contribution < -0.4 is 11.3 Å². The van der Waals surface area contributed by atoms with Gasteiger partial charge in [0.05, 0.1) is 5.52 Å². The summed E-state index contributed by atoms with van der Waals surface area (Å²) in [6.07, 6.45) is 0. The zero-order valence-corrected chi connectivity index (χ0v) is 7.45. The van der Waals surface area contributed by atoms with Crippen molar-refractivity contribution in [2.75, 3.05) is 0 Å². The summed E-state index contributed by atoms with van der Waals surface area (Å²) >= 11 is 0. The molecule has 4 nitrogen and oxygen atoms in total. The van der Waals surface area contributed by atoms with Gasteiger partial charge in [0, 0.05) is 18.0 Å². The van der Waals surface area contributed by atoms with Crippen LogP contribution in [0.25, 0.3) is 10.9 Å². The van der Waals surface area contributed by atoms with Crippen LogP contribution in [0.15, 0.2) is 29.1 Å². The lowest BCUT2D eigenvalue weighted by Gasteiger charge is -2.04. The first-order chi connectivity index (χ1) is 6.72. The van der Waals surface area contributed by atoms with Gasteiger partial charge in [-0.15, -0.1) is 0 Å². The van der Waals surface area contributed by atoms with Gasteiger partial charge in [-0.1, -0.05) is 12.1 Å². The van der Waals surface area contributed by atoms with Gasteiger partial charge in [-0.3, -0.25) is 4.79 Å². The monoisotopic (exact) mass is 190 g/mol. The molecule has 0 unspecified atom stereocenters. The molecular formula is C10H10N2O2. The minimum atomic E-state index is -0.251. The Bertz CT molecular complexity index is 531. The van der Waals surface area contributed by atoms with E-state index in [2.05, 4.69) is 4.98 Å². The van der Waals surface area contributed by atoms with Crippen LogP contribution in [0.3, 0.4) is 0 Å². The highest BCUT2D eigenvalue weighted by Gasteiger charge is 2.04. The van der Waals surface area contributed by atoms with Crippen LogP contribution >= 0.6 is 0 Å². The van der Waals surface area contributed by atoms with E-state index in [-0.39, 0.29) is 17.9 Å². The van der Waals surface area contributed by atoms with E-state index in [9.17, 15) is 9.90 Å². The number of aromatic hydroxyl groups is 1. The number of H-pyrrole nitrogens is 1. The summed E-state index contributed by atoms with van der Waals surface area (Å²) in [6.45, 7) is 0.282. The molecular weight excluding hydrogens is 180 g/mol. The SMILES string of the molecule is NCc1cc(=O)[nH]c2c(O)cccc12. The van der Waals surface area contributed by atoms with Crippen molar-refractivity contribution < 1.29 is 5.11 Å². The van der Waals surface area contributed by atoms with Crippen LogP contribution in [0.1, 0.15) is 5.56 Å². The number of aromatic amines is 1. The normalized spacial score (nSPS) is 10.6. The zero-order chi connectivity index (χ0) is 10.1. The minimum Gasteiger partial charge on any atom is -0.506 e. The Morgan fingerprint density at radius 1 is 1.43 bits per heavy atom. The number of phenolic OH excluding ortho intramolecular Hbond substituents is 1. The Morgan fingerprint density at radius 3 is 2.93 bits per heavy atom. The Morgan fingerprint density at radius 2 is 2.21 bits per heavy atom. The Balaban J connectivity index is 2.94. The number of phenols is 1. The highest BCUT2D eigenvalue weighted by atomic mass is 16.3. The predicted molar refractivity (Wildman–Crippen MR) is 54.1 cm³/mol. The fourth-order valence-electron chi connectivity index (χ4n) is 1.50. The van der Waals surface area contributed by atoms with Gasteiger partial charge in [0.2, 0.25) is 5.56 Å². The van der Waals surface area contributed by atoms with Crippen molar-refractivity contribution in [2.24, 2.45) is 5.73 Å². The molecule has 1 aromatic heterocycles. The van der Waals surface area contributed by atoms with Crippen molar-refractivity contribution in [1.82, 2.24) is 4.98 Å². The molecule has 0 amide bonds. The van der Waals surface area contributed by atoms with Crippen molar-refractivity contribution in [2.45, 2.75) is 6.54 Å². The molecule has 4 N–H and O–H groups in total. The molecule has 0 bridgehead atoms. The lowest BCUT2D eigenvalue weighted by atomic mass is 10.1. The molecule has 0 spiro atoms. The largest absolute Gasteiger partial charge is 0.506 e. The van der Waals surface area contributed by atoms with Gasteiger partial charge in [-0.2, -0.15) is 0 Å². The number of nitrogens with two attached hydrogens (primary N) is 1. The maximum Gasteiger partial charge on any atom is 0.248 e. The van der Waals surface area contributed by atoms with Crippen molar-refractivity contribution in [3.05, 3.63) is 40.2 Å². The molecule has 0 saturated carbocycles. The number of pyridine rings is 1. The number of aromatic nitrogens is 1. The molecule has 2 aromatic rings. The van der Waals surface area contributed by atoms with E-state index < -0.39 is 0 Å². The van der Waals surface area contributed by atoms with Gasteiger partial charge in [-0.05, 0) is 11.6 Å². The average molecular weight is 190 g/mol. The second-order valence-electron chi connectivity index (χ2n) is 3.06. The summed E-state index contributed by atoms with van der Waals surface area (Å²) in [5.41, 5.74) is 6.43. The molecule has 14 heavy (non-hydrogen) atoms. The molecule has 2 rings (SSSR count). The highest BCUT2D eigenvalue weighted by Crippen LogP contribution is 2.22. The number of benzene rings is 1. The predicted octanol–water partition coefficient (Wildman–Crippen LogP) is 0.692. The molecule has 1 heterocycles. The quantitative estimate of drug-likeness (QED) is 0.619. The van der Waals surface area contributed by atoms with Crippen molar-refractivity contribution in [3.8, 4) is 5.75 Å². The average Bonchev–Trinajstić information content (AvgIpc) is 2.18. The van der Waals surface area contributed by atoms with E-state index in [0.29, 0.717) is 5.52 Å². The van der Waals surface area contributed by atoms with Crippen LogP contribution in [0.4, 0.5) is 0 Å². The molecule has 4 heteroatoms. The fraction of sp³-hybridized carbons (Fsp3) is 0.100. The maximum absolute atomic E-state index is 11.2. The standard InChI is InChI=1S/C10H10N2O2/c11-5-6-4-9(14)12-10-7(6)2-1-3-8(10)13/h1-4,13H,5,11H2,(H,12,14). The summed E-state index contributed by atoms with van der Waals surface area (Å²) in [7, 11) is 0. The maximum atomic E-state index is 11.2. The van der Waals surface area contributed by atoms with E-state index in [1.54, 1.807) is 6.07 Å². The number of hydrogen-bond donors (Lipinski definition) is 3. The van der Waals surface area contributed by atoms with Crippen molar-refractivity contribution in [1.29, 1.82) is 0 Å². The first-order valence-corrected chi connectivity index (χ1v) is 4.26. The van der Waals surface area contributed by atoms with Gasteiger partial charge in [0.15, 0.2) is 0 Å². The van der Waals surface area contributed by atoms with Crippen LogP contribution in [-0.4, -0.2) is 10.1 Å². The molecule has 0 saturated heterocycles. The van der Waals surface area contributed by atoms with Gasteiger partial charge in [0.1, 0.15) is 5.75 Å². The summed E-state index contributed by atoms with van der Waals surface area (Å²) in [5.74, 6) is 0.0647. The van der Waals surface area contributed by atoms with E-state index in [4.69, 9.17) is 5.73 Å². The number of rotatable bonds is 1. The molecule has 0 aliphatic heterocycles. The highest BCUT2D eigenvalue weighted by molar-refractivity contribution is 5.86. The van der Waals surface area contributed by atoms with E-state index in [1.807, 2.05) is 6.07 Å². The molecule has 72 valence electrons. The van der Waals surface area contributed by atoms with E-state index in [0.717, 1.165) is 10.9 Å². The molecule has 0 aliphatic carbocycles. The van der Waals surface area contributed by atoms with Crippen LogP contribution in [0.2, 0.25) is 0 Å². The van der Waals surface area contributed by atoms with E-state index in [1.165, 1.54) is 12.1 Å². The lowest BCUT2D eigenvalue weighted by molar-refractivity contribution is 0.480. The topological polar surface area (TPSA) is 79.1 Å². The van der Waals surface area contributed by atoms with Gasteiger partial charge in [-0.25, -0.2) is 0 Å². The number of hydrogen-bond acceptors (Lipinski definition) is 3. The van der Waals surface area contributed by atoms with Gasteiger partial charge >= 0.3 is 0 Å². The first kappa shape index (κ1) is 8.77. The lowest BCUT2D eigenvalue weighted by Crippen LogP contribution is -2.09. The summed E-state index contributed by atoms with van der Waals surface area (Å²) in [6, 6.07) is 6.50. The third kappa shape index (κ3) is 1.25. The van der Waals surface area contributed by atoms with Crippen LogP contribution in [0, 0.1) is 0 Å². The summed E-state index contributed by atoms with van der Waals surface area (Å²) in [4.78, 5) is 13.8. The van der Waals surface area contributed by atoms with Gasteiger partial charge < -0.3 is 15.8 Å². The third-order valence-electron chi connectivity index (χ3n) is 2.16. The molecule has 0 atom stereocenters. The van der Waals surface area contributed by atoms with Crippen LogP contribution in [-0.2, 0) is 6.54 Å². The second-order valence-corrected chi connectivity index (χ2v) is 3.06. The Labute approximate surface area is 80.0 Å². The fourth-order valence-corrected chi connectivity index (χ4v) is 1.50. The smallest absolute Gasteiger partial charge is 0.248 e. The second kappa shape index (κ2) is 3.16. The molecule has 0 fully saturated rings. The van der Waals surface area contributed by atoms with E-state index >= 15 is 0 Å². The number of para-hydroxylation sites is 1. The molecule has 1 aromatic carbocycles. The minimum absolute atomic E-state index is 0.0647. The summed E-state index contributed by atoms with van der Waals surface area (Å²) < 4.78 is 0. The zero-order valence-electron chi connectivity index (χ0n) is 7.45. The number of nitrogens with one attached hydrogen (secondary N) is 1. The Hall–Kier alpha value is -1.81. The van der Waals surface area contributed by atoms with Crippen molar-refractivity contribution in [3.63, 3.8) is 0 Å². The molecule has 0 aliphatic rings. The van der Waals surface area contributed by atoms with Crippen LogP contribution in [0.5, 0.6) is 5.75 Å². The van der Waals surface area contributed by atoms with Crippen molar-refractivity contribution >= 4 is 10.9 Å². The molecule has 0 radical (unpaired) electrons. The van der Waals surface area contributed by atoms with Gasteiger partial charge in [0.25, 0.3) is 0 Å². The number of fused-ring (bicyclic) bond motifs is 1. The third-order valence-corrected chi connectivity index (χ3v) is 2.16. The first-order valence-electron chi connectivity index (χ1n) is 4.26. The Kier molecular flexibility index (Phi) is 1.98.